The van der Waals surface area contributed by atoms with Gasteiger partial charge in [-0.3, -0.25) is 9.69 Å². The van der Waals surface area contributed by atoms with Crippen molar-refractivity contribution in [1.82, 2.24) is 4.90 Å². The first-order chi connectivity index (χ1) is 8.56. The van der Waals surface area contributed by atoms with Gasteiger partial charge in [0.25, 0.3) is 0 Å². The van der Waals surface area contributed by atoms with Gasteiger partial charge in [0, 0.05) is 15.7 Å². The summed E-state index contributed by atoms with van der Waals surface area (Å²) < 4.78 is 0. The van der Waals surface area contributed by atoms with Crippen molar-refractivity contribution >= 4 is 34.8 Å². The topological polar surface area (TPSA) is 32.3 Å². The number of carbonyl (C=O) groups excluding carboxylic acids is 1. The Kier molecular flexibility index (Phi) is 4.49. The SMILES string of the molecule is Cc1c(Cl)cc(NC(=O)CN2CCCC2)cc1Cl. The van der Waals surface area contributed by atoms with Crippen LogP contribution in [0, 0.1) is 6.92 Å². The van der Waals surface area contributed by atoms with Crippen LogP contribution in [-0.2, 0) is 4.79 Å². The van der Waals surface area contributed by atoms with Gasteiger partial charge in [0.2, 0.25) is 5.91 Å². The predicted octanol–water partition coefficient (Wildman–Crippen LogP) is 3.34. The molecule has 1 N–H and O–H groups in total. The lowest BCUT2D eigenvalue weighted by Crippen LogP contribution is -2.30. The summed E-state index contributed by atoms with van der Waals surface area (Å²) in [5.74, 6) is -0.0205. The van der Waals surface area contributed by atoms with E-state index >= 15 is 0 Å². The molecule has 0 aromatic heterocycles. The molecule has 1 fully saturated rings. The molecule has 1 saturated heterocycles. The molecule has 1 heterocycles. The van der Waals surface area contributed by atoms with Crippen molar-refractivity contribution in [2.75, 3.05) is 25.0 Å². The van der Waals surface area contributed by atoms with E-state index < -0.39 is 0 Å². The highest BCUT2D eigenvalue weighted by Gasteiger charge is 2.15. The van der Waals surface area contributed by atoms with Crippen LogP contribution in [0.2, 0.25) is 10.0 Å². The van der Waals surface area contributed by atoms with Gasteiger partial charge >= 0.3 is 0 Å². The second-order valence-corrected chi connectivity index (χ2v) is 5.41. The molecule has 0 unspecified atom stereocenters. The van der Waals surface area contributed by atoms with Crippen LogP contribution in [0.25, 0.3) is 0 Å². The molecular formula is C13H16Cl2N2O. The van der Waals surface area contributed by atoms with Crippen molar-refractivity contribution in [2.45, 2.75) is 19.8 Å². The highest BCUT2D eigenvalue weighted by Crippen LogP contribution is 2.28. The van der Waals surface area contributed by atoms with E-state index in [1.807, 2.05) is 6.92 Å². The van der Waals surface area contributed by atoms with Gasteiger partial charge in [-0.2, -0.15) is 0 Å². The fourth-order valence-corrected chi connectivity index (χ4v) is 2.55. The smallest absolute Gasteiger partial charge is 0.238 e. The summed E-state index contributed by atoms with van der Waals surface area (Å²) in [4.78, 5) is 14.0. The third-order valence-electron chi connectivity index (χ3n) is 3.13. The molecule has 0 radical (unpaired) electrons. The summed E-state index contributed by atoms with van der Waals surface area (Å²) in [7, 11) is 0. The molecule has 1 aliphatic heterocycles. The van der Waals surface area contributed by atoms with Crippen molar-refractivity contribution in [3.05, 3.63) is 27.7 Å². The van der Waals surface area contributed by atoms with Gasteiger partial charge in [0.05, 0.1) is 6.54 Å². The summed E-state index contributed by atoms with van der Waals surface area (Å²) in [6.45, 7) is 4.29. The van der Waals surface area contributed by atoms with E-state index in [0.29, 0.717) is 22.3 Å². The lowest BCUT2D eigenvalue weighted by atomic mass is 10.2. The number of hydrogen-bond acceptors (Lipinski definition) is 2. The molecule has 0 spiro atoms. The minimum atomic E-state index is -0.0205. The first-order valence-corrected chi connectivity index (χ1v) is 6.79. The van der Waals surface area contributed by atoms with Gasteiger partial charge in [0.15, 0.2) is 0 Å². The molecule has 0 aliphatic carbocycles. The molecule has 1 aromatic carbocycles. The Balaban J connectivity index is 1.98. The number of amides is 1. The number of rotatable bonds is 3. The highest BCUT2D eigenvalue weighted by molar-refractivity contribution is 6.36. The quantitative estimate of drug-likeness (QED) is 0.924. The first-order valence-electron chi connectivity index (χ1n) is 6.04. The highest BCUT2D eigenvalue weighted by atomic mass is 35.5. The molecule has 3 nitrogen and oxygen atoms in total. The van der Waals surface area contributed by atoms with Crippen LogP contribution in [0.1, 0.15) is 18.4 Å². The Morgan fingerprint density at radius 1 is 1.28 bits per heavy atom. The van der Waals surface area contributed by atoms with Crippen LogP contribution in [0.4, 0.5) is 5.69 Å². The zero-order valence-electron chi connectivity index (χ0n) is 10.3. The van der Waals surface area contributed by atoms with Gasteiger partial charge in [-0.05, 0) is 50.6 Å². The maximum Gasteiger partial charge on any atom is 0.238 e. The molecule has 0 atom stereocenters. The average molecular weight is 287 g/mol. The van der Waals surface area contributed by atoms with Crippen LogP contribution in [-0.4, -0.2) is 30.4 Å². The zero-order valence-corrected chi connectivity index (χ0v) is 11.8. The number of hydrogen-bond donors (Lipinski definition) is 1. The number of anilines is 1. The van der Waals surface area contributed by atoms with E-state index in [2.05, 4.69) is 10.2 Å². The number of likely N-dealkylation sites (tertiary alicyclic amines) is 1. The summed E-state index contributed by atoms with van der Waals surface area (Å²) in [6.07, 6.45) is 2.35. The summed E-state index contributed by atoms with van der Waals surface area (Å²) in [5.41, 5.74) is 1.48. The minimum Gasteiger partial charge on any atom is -0.325 e. The maximum absolute atomic E-state index is 11.8. The molecule has 2 rings (SSSR count). The first kappa shape index (κ1) is 13.7. The molecule has 18 heavy (non-hydrogen) atoms. The van der Waals surface area contributed by atoms with Crippen LogP contribution >= 0.6 is 23.2 Å². The van der Waals surface area contributed by atoms with Crippen molar-refractivity contribution < 1.29 is 4.79 Å². The van der Waals surface area contributed by atoms with E-state index in [4.69, 9.17) is 23.2 Å². The number of carbonyl (C=O) groups is 1. The molecular weight excluding hydrogens is 271 g/mol. The molecule has 0 saturated carbocycles. The van der Waals surface area contributed by atoms with Crippen molar-refractivity contribution in [1.29, 1.82) is 0 Å². The fraction of sp³-hybridized carbons (Fsp3) is 0.462. The Labute approximate surface area is 117 Å². The molecule has 1 amide bonds. The van der Waals surface area contributed by atoms with Gasteiger partial charge in [0.1, 0.15) is 0 Å². The Morgan fingerprint density at radius 3 is 2.39 bits per heavy atom. The fourth-order valence-electron chi connectivity index (χ4n) is 2.06. The average Bonchev–Trinajstić information content (AvgIpc) is 2.78. The third kappa shape index (κ3) is 3.37. The van der Waals surface area contributed by atoms with E-state index in [0.717, 1.165) is 18.7 Å². The van der Waals surface area contributed by atoms with E-state index in [9.17, 15) is 4.79 Å². The number of benzene rings is 1. The zero-order chi connectivity index (χ0) is 13.1. The Morgan fingerprint density at radius 2 is 1.83 bits per heavy atom. The molecule has 1 aliphatic rings. The second kappa shape index (κ2) is 5.91. The summed E-state index contributed by atoms with van der Waals surface area (Å²) in [5, 5.41) is 3.97. The molecule has 1 aromatic rings. The van der Waals surface area contributed by atoms with Crippen LogP contribution in [0.3, 0.4) is 0 Å². The predicted molar refractivity (Wildman–Crippen MR) is 75.5 cm³/mol. The van der Waals surface area contributed by atoms with E-state index in [1.165, 1.54) is 12.8 Å². The maximum atomic E-state index is 11.8. The van der Waals surface area contributed by atoms with Crippen LogP contribution < -0.4 is 5.32 Å². The monoisotopic (exact) mass is 286 g/mol. The molecule has 98 valence electrons. The largest absolute Gasteiger partial charge is 0.325 e. The number of nitrogens with zero attached hydrogens (tertiary/aromatic N) is 1. The van der Waals surface area contributed by atoms with Gasteiger partial charge < -0.3 is 5.32 Å². The van der Waals surface area contributed by atoms with Gasteiger partial charge in [-0.15, -0.1) is 0 Å². The number of halogens is 2. The normalized spacial score (nSPS) is 15.9. The number of nitrogens with one attached hydrogen (secondary N) is 1. The lowest BCUT2D eigenvalue weighted by Gasteiger charge is -2.14. The Hall–Kier alpha value is -0.770. The summed E-state index contributed by atoms with van der Waals surface area (Å²) in [6, 6.07) is 3.45. The lowest BCUT2D eigenvalue weighted by molar-refractivity contribution is -0.117. The minimum absolute atomic E-state index is 0.0205. The Bertz CT molecular complexity index is 433. The van der Waals surface area contributed by atoms with Gasteiger partial charge in [-0.25, -0.2) is 0 Å². The summed E-state index contributed by atoms with van der Waals surface area (Å²) >= 11 is 12.1. The van der Waals surface area contributed by atoms with E-state index in [1.54, 1.807) is 12.1 Å². The third-order valence-corrected chi connectivity index (χ3v) is 3.92. The van der Waals surface area contributed by atoms with Crippen LogP contribution in [0.15, 0.2) is 12.1 Å². The second-order valence-electron chi connectivity index (χ2n) is 4.60. The standard InChI is InChI=1S/C13H16Cl2N2O/c1-9-11(14)6-10(7-12(9)15)16-13(18)8-17-4-2-3-5-17/h6-7H,2-5,8H2,1H3,(H,16,18). The van der Waals surface area contributed by atoms with Gasteiger partial charge in [-0.1, -0.05) is 23.2 Å². The van der Waals surface area contributed by atoms with E-state index in [-0.39, 0.29) is 5.91 Å². The molecule has 5 heteroatoms. The van der Waals surface area contributed by atoms with Crippen LogP contribution in [0.5, 0.6) is 0 Å². The molecule has 0 bridgehead atoms. The van der Waals surface area contributed by atoms with Crippen molar-refractivity contribution in [3.63, 3.8) is 0 Å². The van der Waals surface area contributed by atoms with Crippen molar-refractivity contribution in [2.24, 2.45) is 0 Å². The van der Waals surface area contributed by atoms with Crippen molar-refractivity contribution in [3.8, 4) is 0 Å².